The van der Waals surface area contributed by atoms with Gasteiger partial charge in [-0.1, -0.05) is 67.6 Å². The minimum Gasteiger partial charge on any atom is -0.480 e. The van der Waals surface area contributed by atoms with Crippen molar-refractivity contribution < 1.29 is 29.1 Å². The van der Waals surface area contributed by atoms with Gasteiger partial charge in [0, 0.05) is 12.2 Å². The largest absolute Gasteiger partial charge is 0.480 e. The summed E-state index contributed by atoms with van der Waals surface area (Å²) in [7, 11) is 0. The predicted octanol–water partition coefficient (Wildman–Crippen LogP) is 4.28. The van der Waals surface area contributed by atoms with Gasteiger partial charge in [0.05, 0.1) is 17.2 Å². The number of amides is 4. The zero-order valence-corrected chi connectivity index (χ0v) is 25.9. The Morgan fingerprint density at radius 1 is 0.804 bits per heavy atom. The summed E-state index contributed by atoms with van der Waals surface area (Å²) in [6.45, 7) is 2.21. The Labute approximate surface area is 268 Å². The molecule has 5 rings (SSSR count). The van der Waals surface area contributed by atoms with Gasteiger partial charge in [0.15, 0.2) is 0 Å². The molecule has 46 heavy (non-hydrogen) atoms. The van der Waals surface area contributed by atoms with E-state index in [9.17, 15) is 29.1 Å². The highest BCUT2D eigenvalue weighted by Gasteiger charge is 2.44. The molecule has 3 aromatic carbocycles. The summed E-state index contributed by atoms with van der Waals surface area (Å²) in [5.74, 6) is -2.27. The van der Waals surface area contributed by atoms with Gasteiger partial charge >= 0.3 is 5.97 Å². The zero-order chi connectivity index (χ0) is 32.6. The van der Waals surface area contributed by atoms with Crippen LogP contribution in [0.1, 0.15) is 65.3 Å². The minimum absolute atomic E-state index is 0.0140. The summed E-state index contributed by atoms with van der Waals surface area (Å²) in [5.41, 5.74) is 2.39. The van der Waals surface area contributed by atoms with E-state index in [4.69, 9.17) is 0 Å². The molecule has 3 aromatic rings. The van der Waals surface area contributed by atoms with Gasteiger partial charge in [-0.05, 0) is 80.2 Å². The fourth-order valence-electron chi connectivity index (χ4n) is 6.01. The van der Waals surface area contributed by atoms with Gasteiger partial charge in [-0.3, -0.25) is 34.2 Å². The van der Waals surface area contributed by atoms with Gasteiger partial charge < -0.3 is 15.7 Å². The molecule has 2 aliphatic rings. The van der Waals surface area contributed by atoms with Crippen LogP contribution in [0.15, 0.2) is 84.9 Å². The van der Waals surface area contributed by atoms with Gasteiger partial charge in [-0.2, -0.15) is 0 Å². The van der Waals surface area contributed by atoms with Crippen molar-refractivity contribution in [3.63, 3.8) is 0 Å². The van der Waals surface area contributed by atoms with Crippen LogP contribution < -0.4 is 16.0 Å². The van der Waals surface area contributed by atoms with Gasteiger partial charge in [-0.25, -0.2) is 0 Å². The summed E-state index contributed by atoms with van der Waals surface area (Å²) in [6.07, 6.45) is 2.66. The number of rotatable bonds is 16. The second-order valence-electron chi connectivity index (χ2n) is 12.2. The lowest BCUT2D eigenvalue weighted by Crippen LogP contribution is -2.55. The lowest BCUT2D eigenvalue weighted by Gasteiger charge is -2.26. The summed E-state index contributed by atoms with van der Waals surface area (Å²) in [4.78, 5) is 66.0. The number of aliphatic carboxylic acids is 1. The Bertz CT molecular complexity index is 1530. The molecule has 4 N–H and O–H groups in total. The molecule has 0 spiro atoms. The molecule has 5 atom stereocenters. The minimum atomic E-state index is -1.10. The Morgan fingerprint density at radius 2 is 1.39 bits per heavy atom. The zero-order valence-electron chi connectivity index (χ0n) is 25.9. The van der Waals surface area contributed by atoms with Crippen LogP contribution in [-0.2, 0) is 20.8 Å². The molecule has 0 bridgehead atoms. The van der Waals surface area contributed by atoms with E-state index in [1.165, 1.54) is 4.90 Å². The molecule has 1 aliphatic heterocycles. The summed E-state index contributed by atoms with van der Waals surface area (Å²) >= 11 is 0. The van der Waals surface area contributed by atoms with E-state index >= 15 is 0 Å². The SMILES string of the molecule is CC1CC1[C@H](NC(=O)[C@H](CCc1ccccc1)N[C@H](CCCCN1C(=O)c2ccccc2C1=O)C(=O)O)C(=O)Nc1ccccc1. The van der Waals surface area contributed by atoms with E-state index in [1.807, 2.05) is 55.5 Å². The number of unbranched alkanes of at least 4 members (excludes halogenated alkanes) is 1. The maximum atomic E-state index is 13.8. The van der Waals surface area contributed by atoms with Crippen LogP contribution in [0.5, 0.6) is 0 Å². The fourth-order valence-corrected chi connectivity index (χ4v) is 6.01. The standard InChI is InChI=1S/C36H40N4O6/c1-23-22-28(23)31(33(42)37-25-14-6-3-7-15-25)39-32(41)29(20-19-24-12-4-2-5-13-24)38-30(36(45)46)18-10-11-21-40-34(43)26-16-8-9-17-27(26)35(40)44/h2-9,12-17,23,28-31,38H,10-11,18-22H2,1H3,(H,37,42)(H,39,41)(H,45,46)/t23?,28?,29-,30+,31-/m0/s1. The Kier molecular flexibility index (Phi) is 10.6. The molecule has 1 fully saturated rings. The van der Waals surface area contributed by atoms with Gasteiger partial charge in [-0.15, -0.1) is 0 Å². The van der Waals surface area contributed by atoms with Crippen LogP contribution in [0.3, 0.4) is 0 Å². The summed E-state index contributed by atoms with van der Waals surface area (Å²) < 4.78 is 0. The first-order chi connectivity index (χ1) is 22.2. The number of carboxylic acids is 1. The van der Waals surface area contributed by atoms with Gasteiger partial charge in [0.1, 0.15) is 12.1 Å². The van der Waals surface area contributed by atoms with Crippen LogP contribution in [-0.4, -0.2) is 64.3 Å². The quantitative estimate of drug-likeness (QED) is 0.138. The Balaban J connectivity index is 1.23. The third kappa shape index (κ3) is 8.06. The third-order valence-electron chi connectivity index (χ3n) is 8.81. The first-order valence-corrected chi connectivity index (χ1v) is 15.9. The van der Waals surface area contributed by atoms with Crippen LogP contribution in [0.2, 0.25) is 0 Å². The molecule has 10 heteroatoms. The van der Waals surface area contributed by atoms with Crippen molar-refractivity contribution in [1.29, 1.82) is 0 Å². The van der Waals surface area contributed by atoms with E-state index in [-0.39, 0.29) is 42.5 Å². The molecule has 2 unspecified atom stereocenters. The van der Waals surface area contributed by atoms with Crippen molar-refractivity contribution in [2.24, 2.45) is 11.8 Å². The molecule has 1 heterocycles. The van der Waals surface area contributed by atoms with Crippen LogP contribution in [0.4, 0.5) is 5.69 Å². The van der Waals surface area contributed by atoms with E-state index in [1.54, 1.807) is 36.4 Å². The highest BCUT2D eigenvalue weighted by molar-refractivity contribution is 6.21. The fraction of sp³-hybridized carbons (Fsp3) is 0.361. The van der Waals surface area contributed by atoms with Crippen molar-refractivity contribution in [1.82, 2.24) is 15.5 Å². The lowest BCUT2D eigenvalue weighted by atomic mass is 10.0. The molecule has 4 amide bonds. The predicted molar refractivity (Wildman–Crippen MR) is 173 cm³/mol. The number of hydrogen-bond donors (Lipinski definition) is 4. The van der Waals surface area contributed by atoms with E-state index < -0.39 is 30.0 Å². The number of hydrogen-bond acceptors (Lipinski definition) is 6. The molecular weight excluding hydrogens is 584 g/mol. The van der Waals surface area contributed by atoms with Crippen molar-refractivity contribution in [2.45, 2.75) is 63.6 Å². The number of carboxylic acid groups (broad SMARTS) is 1. The number of imide groups is 1. The number of nitrogens with zero attached hydrogens (tertiary/aromatic N) is 1. The van der Waals surface area contributed by atoms with Gasteiger partial charge in [0.25, 0.3) is 11.8 Å². The molecule has 1 aliphatic carbocycles. The lowest BCUT2D eigenvalue weighted by molar-refractivity contribution is -0.140. The summed E-state index contributed by atoms with van der Waals surface area (Å²) in [6, 6.07) is 22.7. The maximum Gasteiger partial charge on any atom is 0.320 e. The van der Waals surface area contributed by atoms with Crippen molar-refractivity contribution in [2.75, 3.05) is 11.9 Å². The number of nitrogens with one attached hydrogen (secondary N) is 3. The van der Waals surface area contributed by atoms with E-state index in [0.29, 0.717) is 42.5 Å². The van der Waals surface area contributed by atoms with Crippen LogP contribution in [0.25, 0.3) is 0 Å². The second kappa shape index (κ2) is 15.0. The van der Waals surface area contributed by atoms with Crippen molar-refractivity contribution in [3.8, 4) is 0 Å². The molecule has 0 aromatic heterocycles. The number of fused-ring (bicyclic) bond motifs is 1. The average molecular weight is 625 g/mol. The molecule has 240 valence electrons. The first kappa shape index (κ1) is 32.6. The number of aryl methyl sites for hydroxylation is 1. The molecule has 10 nitrogen and oxygen atoms in total. The van der Waals surface area contributed by atoms with Gasteiger partial charge in [0.2, 0.25) is 11.8 Å². The number of carbonyl (C=O) groups excluding carboxylic acids is 4. The van der Waals surface area contributed by atoms with Crippen molar-refractivity contribution >= 4 is 35.3 Å². The van der Waals surface area contributed by atoms with Crippen LogP contribution >= 0.6 is 0 Å². The topological polar surface area (TPSA) is 145 Å². The number of carbonyl (C=O) groups is 5. The summed E-state index contributed by atoms with van der Waals surface area (Å²) in [5, 5.41) is 19.0. The molecule has 0 radical (unpaired) electrons. The number of para-hydroxylation sites is 1. The molecule has 0 saturated heterocycles. The Hall–Kier alpha value is -4.83. The normalized spacial score (nSPS) is 18.8. The smallest absolute Gasteiger partial charge is 0.320 e. The monoisotopic (exact) mass is 624 g/mol. The Morgan fingerprint density at radius 3 is 1.98 bits per heavy atom. The molecular formula is C36H40N4O6. The van der Waals surface area contributed by atoms with E-state index in [0.717, 1.165) is 12.0 Å². The van der Waals surface area contributed by atoms with Crippen molar-refractivity contribution in [3.05, 3.63) is 102 Å². The molecule has 1 saturated carbocycles. The number of benzene rings is 3. The average Bonchev–Trinajstić information content (AvgIpc) is 3.74. The first-order valence-electron chi connectivity index (χ1n) is 15.9. The third-order valence-corrected chi connectivity index (χ3v) is 8.81. The van der Waals surface area contributed by atoms with Crippen LogP contribution in [0, 0.1) is 11.8 Å². The second-order valence-corrected chi connectivity index (χ2v) is 12.2. The number of anilines is 1. The maximum absolute atomic E-state index is 13.8. The van der Waals surface area contributed by atoms with E-state index in [2.05, 4.69) is 16.0 Å². The highest BCUT2D eigenvalue weighted by Crippen LogP contribution is 2.41. The highest BCUT2D eigenvalue weighted by atomic mass is 16.4.